The van der Waals surface area contributed by atoms with Gasteiger partial charge in [-0.1, -0.05) is 13.0 Å². The van der Waals surface area contributed by atoms with Gasteiger partial charge in [-0.2, -0.15) is 0 Å². The van der Waals surface area contributed by atoms with Crippen LogP contribution in [0.4, 0.5) is 5.69 Å². The minimum Gasteiger partial charge on any atom is -0.507 e. The normalized spacial score (nSPS) is 10.2. The molecule has 2 aromatic rings. The van der Waals surface area contributed by atoms with E-state index in [0.29, 0.717) is 5.56 Å². The summed E-state index contributed by atoms with van der Waals surface area (Å²) in [5, 5.41) is 20.4. The number of non-ortho nitro benzene ring substituents is 1. The van der Waals surface area contributed by atoms with Gasteiger partial charge in [-0.15, -0.1) is 0 Å². The molecular weight excluding hydrogens is 258 g/mol. The molecule has 102 valence electrons. The molecule has 0 spiro atoms. The van der Waals surface area contributed by atoms with Crippen LogP contribution in [0.1, 0.15) is 28.4 Å². The third kappa shape index (κ3) is 2.66. The highest BCUT2D eigenvalue weighted by atomic mass is 16.6. The highest BCUT2D eigenvalue weighted by Gasteiger charge is 2.15. The summed E-state index contributed by atoms with van der Waals surface area (Å²) < 4.78 is 0. The van der Waals surface area contributed by atoms with Crippen LogP contribution in [0.25, 0.3) is 0 Å². The second-order valence-corrected chi connectivity index (χ2v) is 4.34. The van der Waals surface area contributed by atoms with Crippen molar-refractivity contribution in [2.24, 2.45) is 0 Å². The molecule has 0 aliphatic carbocycles. The number of phenolic OH excluding ortho intramolecular Hbond substituents is 1. The number of carbonyl (C=O) groups excluding carboxylic acids is 1. The molecule has 0 aromatic heterocycles. The topological polar surface area (TPSA) is 80.4 Å². The van der Waals surface area contributed by atoms with Gasteiger partial charge in [0.2, 0.25) is 0 Å². The zero-order valence-corrected chi connectivity index (χ0v) is 10.9. The number of hydrogen-bond acceptors (Lipinski definition) is 4. The highest BCUT2D eigenvalue weighted by molar-refractivity contribution is 6.10. The van der Waals surface area contributed by atoms with E-state index in [9.17, 15) is 20.0 Å². The first-order valence-corrected chi connectivity index (χ1v) is 6.14. The van der Waals surface area contributed by atoms with E-state index in [1.54, 1.807) is 18.2 Å². The Balaban J connectivity index is 2.33. The van der Waals surface area contributed by atoms with E-state index < -0.39 is 4.92 Å². The molecule has 0 amide bonds. The molecule has 0 aliphatic rings. The Hall–Kier alpha value is -2.69. The van der Waals surface area contributed by atoms with Gasteiger partial charge in [0, 0.05) is 17.7 Å². The highest BCUT2D eigenvalue weighted by Crippen LogP contribution is 2.23. The standard InChI is InChI=1S/C15H13NO4/c1-2-10-3-8-13(14(17)9-10)15(18)11-4-6-12(7-5-11)16(19)20/h3-9,17H,2H2,1H3. The van der Waals surface area contributed by atoms with E-state index in [-0.39, 0.29) is 22.8 Å². The number of nitro benzene ring substituents is 1. The predicted octanol–water partition coefficient (Wildman–Crippen LogP) is 3.09. The van der Waals surface area contributed by atoms with Crippen molar-refractivity contribution < 1.29 is 14.8 Å². The molecule has 5 nitrogen and oxygen atoms in total. The van der Waals surface area contributed by atoms with E-state index >= 15 is 0 Å². The maximum Gasteiger partial charge on any atom is 0.269 e. The molecule has 0 atom stereocenters. The van der Waals surface area contributed by atoms with Crippen LogP contribution in [0.3, 0.4) is 0 Å². The van der Waals surface area contributed by atoms with Gasteiger partial charge in [0.05, 0.1) is 10.5 Å². The van der Waals surface area contributed by atoms with Gasteiger partial charge in [0.1, 0.15) is 5.75 Å². The van der Waals surface area contributed by atoms with Gasteiger partial charge in [0.25, 0.3) is 5.69 Å². The lowest BCUT2D eigenvalue weighted by molar-refractivity contribution is -0.384. The van der Waals surface area contributed by atoms with Crippen molar-refractivity contribution in [1.29, 1.82) is 0 Å². The van der Waals surface area contributed by atoms with Crippen LogP contribution in [0, 0.1) is 10.1 Å². The van der Waals surface area contributed by atoms with E-state index in [0.717, 1.165) is 12.0 Å². The van der Waals surface area contributed by atoms with Crippen molar-refractivity contribution in [2.75, 3.05) is 0 Å². The maximum atomic E-state index is 12.2. The average Bonchev–Trinajstić information content (AvgIpc) is 2.46. The molecule has 0 bridgehead atoms. The van der Waals surface area contributed by atoms with Crippen LogP contribution < -0.4 is 0 Å². The van der Waals surface area contributed by atoms with Crippen molar-refractivity contribution in [1.82, 2.24) is 0 Å². The zero-order chi connectivity index (χ0) is 14.7. The number of rotatable bonds is 4. The smallest absolute Gasteiger partial charge is 0.269 e. The summed E-state index contributed by atoms with van der Waals surface area (Å²) >= 11 is 0. The number of phenols is 1. The summed E-state index contributed by atoms with van der Waals surface area (Å²) in [6.45, 7) is 1.95. The van der Waals surface area contributed by atoms with Gasteiger partial charge in [-0.25, -0.2) is 0 Å². The Kier molecular flexibility index (Phi) is 3.79. The summed E-state index contributed by atoms with van der Waals surface area (Å²) in [7, 11) is 0. The third-order valence-electron chi connectivity index (χ3n) is 3.06. The lowest BCUT2D eigenvalue weighted by atomic mass is 10.00. The van der Waals surface area contributed by atoms with E-state index in [2.05, 4.69) is 0 Å². The predicted molar refractivity (Wildman–Crippen MR) is 74.0 cm³/mol. The number of benzene rings is 2. The molecule has 0 saturated carbocycles. The second kappa shape index (κ2) is 5.52. The number of hydrogen-bond donors (Lipinski definition) is 1. The van der Waals surface area contributed by atoms with Gasteiger partial charge in [0.15, 0.2) is 5.78 Å². The van der Waals surface area contributed by atoms with Gasteiger partial charge < -0.3 is 5.11 Å². The quantitative estimate of drug-likeness (QED) is 0.526. The molecular formula is C15H13NO4. The molecule has 1 N–H and O–H groups in total. The number of aryl methyl sites for hydroxylation is 1. The fraction of sp³-hybridized carbons (Fsp3) is 0.133. The van der Waals surface area contributed by atoms with Crippen molar-refractivity contribution >= 4 is 11.5 Å². The summed E-state index contributed by atoms with van der Waals surface area (Å²) in [6, 6.07) is 10.2. The first kappa shape index (κ1) is 13.7. The molecule has 0 radical (unpaired) electrons. The summed E-state index contributed by atoms with van der Waals surface area (Å²) in [4.78, 5) is 22.2. The van der Waals surface area contributed by atoms with E-state index in [1.807, 2.05) is 6.92 Å². The average molecular weight is 271 g/mol. The van der Waals surface area contributed by atoms with E-state index in [4.69, 9.17) is 0 Å². The number of carbonyl (C=O) groups is 1. The molecule has 0 unspecified atom stereocenters. The summed E-state index contributed by atoms with van der Waals surface area (Å²) in [5.74, 6) is -0.437. The molecule has 5 heteroatoms. The first-order valence-electron chi connectivity index (χ1n) is 6.14. The number of ketones is 1. The monoisotopic (exact) mass is 271 g/mol. The van der Waals surface area contributed by atoms with Crippen molar-refractivity contribution in [3.8, 4) is 5.75 Å². The molecule has 0 heterocycles. The first-order chi connectivity index (χ1) is 9.52. The van der Waals surface area contributed by atoms with Gasteiger partial charge in [-0.3, -0.25) is 14.9 Å². The largest absolute Gasteiger partial charge is 0.507 e. The lowest BCUT2D eigenvalue weighted by Gasteiger charge is -2.05. The van der Waals surface area contributed by atoms with Crippen molar-refractivity contribution in [3.05, 3.63) is 69.3 Å². The Morgan fingerprint density at radius 3 is 2.35 bits per heavy atom. The lowest BCUT2D eigenvalue weighted by Crippen LogP contribution is -2.02. The molecule has 0 aliphatic heterocycles. The number of nitro groups is 1. The summed E-state index contributed by atoms with van der Waals surface area (Å²) in [6.07, 6.45) is 0.763. The Labute approximate surface area is 115 Å². The number of aromatic hydroxyl groups is 1. The molecule has 0 saturated heterocycles. The molecule has 2 aromatic carbocycles. The second-order valence-electron chi connectivity index (χ2n) is 4.34. The molecule has 20 heavy (non-hydrogen) atoms. The van der Waals surface area contributed by atoms with Gasteiger partial charge >= 0.3 is 0 Å². The third-order valence-corrected chi connectivity index (χ3v) is 3.06. The van der Waals surface area contributed by atoms with Crippen molar-refractivity contribution in [3.63, 3.8) is 0 Å². The van der Waals surface area contributed by atoms with Gasteiger partial charge in [-0.05, 0) is 36.2 Å². The zero-order valence-electron chi connectivity index (χ0n) is 10.9. The van der Waals surface area contributed by atoms with Crippen LogP contribution in [-0.2, 0) is 6.42 Å². The van der Waals surface area contributed by atoms with Crippen LogP contribution in [0.15, 0.2) is 42.5 Å². The van der Waals surface area contributed by atoms with Crippen LogP contribution in [-0.4, -0.2) is 15.8 Å². The fourth-order valence-corrected chi connectivity index (χ4v) is 1.88. The van der Waals surface area contributed by atoms with Crippen LogP contribution in [0.2, 0.25) is 0 Å². The summed E-state index contributed by atoms with van der Waals surface area (Å²) in [5.41, 5.74) is 1.35. The SMILES string of the molecule is CCc1ccc(C(=O)c2ccc([N+](=O)[O-])cc2)c(O)c1. The fourth-order valence-electron chi connectivity index (χ4n) is 1.88. The maximum absolute atomic E-state index is 12.2. The van der Waals surface area contributed by atoms with E-state index in [1.165, 1.54) is 24.3 Å². The molecule has 2 rings (SSSR count). The number of nitrogens with zero attached hydrogens (tertiary/aromatic N) is 1. The van der Waals surface area contributed by atoms with Crippen LogP contribution >= 0.6 is 0 Å². The Morgan fingerprint density at radius 1 is 1.20 bits per heavy atom. The van der Waals surface area contributed by atoms with Crippen molar-refractivity contribution in [2.45, 2.75) is 13.3 Å². The Bertz CT molecular complexity index is 662. The minimum atomic E-state index is -0.526. The Morgan fingerprint density at radius 2 is 1.85 bits per heavy atom. The molecule has 0 fully saturated rings. The van der Waals surface area contributed by atoms with Crippen LogP contribution in [0.5, 0.6) is 5.75 Å². The minimum absolute atomic E-state index is 0.0762.